The highest BCUT2D eigenvalue weighted by Crippen LogP contribution is 2.23. The van der Waals surface area contributed by atoms with Crippen molar-refractivity contribution < 1.29 is 9.18 Å². The molecule has 24 heavy (non-hydrogen) atoms. The molecule has 0 radical (unpaired) electrons. The highest BCUT2D eigenvalue weighted by molar-refractivity contribution is 8.00. The molecule has 0 aliphatic carbocycles. The van der Waals surface area contributed by atoms with Crippen LogP contribution in [0.2, 0.25) is 0 Å². The average molecular weight is 363 g/mol. The number of aryl methyl sites for hydroxylation is 1. The molecule has 1 amide bonds. The second-order valence-corrected chi connectivity index (χ2v) is 6.97. The van der Waals surface area contributed by atoms with Crippen LogP contribution >= 0.6 is 24.0 Å². The van der Waals surface area contributed by atoms with Gasteiger partial charge in [0, 0.05) is 10.6 Å². The quantitative estimate of drug-likeness (QED) is 0.440. The first-order valence-electron chi connectivity index (χ1n) is 7.30. The molecule has 0 heterocycles. The SMILES string of the molecule is Cc1ccc(S[C@H](C)C(=O)NNC(=S)Nc2ccc(F)cc2)cc1. The van der Waals surface area contributed by atoms with E-state index >= 15 is 0 Å². The van der Waals surface area contributed by atoms with Gasteiger partial charge in [0.15, 0.2) is 5.11 Å². The minimum absolute atomic E-state index is 0.191. The van der Waals surface area contributed by atoms with Gasteiger partial charge < -0.3 is 5.32 Å². The molecular weight excluding hydrogens is 345 g/mol. The molecule has 2 aromatic rings. The molecule has 0 aliphatic heterocycles. The van der Waals surface area contributed by atoms with Crippen LogP contribution in [0.3, 0.4) is 0 Å². The van der Waals surface area contributed by atoms with Gasteiger partial charge in [-0.05, 0) is 62.5 Å². The van der Waals surface area contributed by atoms with Gasteiger partial charge in [0.05, 0.1) is 5.25 Å². The number of hydrogen-bond acceptors (Lipinski definition) is 3. The summed E-state index contributed by atoms with van der Waals surface area (Å²) in [6.45, 7) is 3.83. The molecule has 2 rings (SSSR count). The number of rotatable bonds is 4. The number of amides is 1. The Labute approximate surface area is 150 Å². The number of hydrazine groups is 1. The van der Waals surface area contributed by atoms with Crippen LogP contribution in [0.4, 0.5) is 10.1 Å². The van der Waals surface area contributed by atoms with Crippen LogP contribution in [0.25, 0.3) is 0 Å². The van der Waals surface area contributed by atoms with Crippen molar-refractivity contribution in [1.29, 1.82) is 0 Å². The monoisotopic (exact) mass is 363 g/mol. The molecule has 0 aromatic heterocycles. The fourth-order valence-corrected chi connectivity index (χ4v) is 2.83. The summed E-state index contributed by atoms with van der Waals surface area (Å²) in [6, 6.07) is 13.7. The Kier molecular flexibility index (Phi) is 6.57. The number of thiocarbonyl (C=S) groups is 1. The van der Waals surface area contributed by atoms with Gasteiger partial charge in [-0.1, -0.05) is 17.7 Å². The molecule has 0 unspecified atom stereocenters. The van der Waals surface area contributed by atoms with Crippen LogP contribution in [0.15, 0.2) is 53.4 Å². The van der Waals surface area contributed by atoms with E-state index in [2.05, 4.69) is 16.2 Å². The Morgan fingerprint density at radius 3 is 2.33 bits per heavy atom. The number of anilines is 1. The van der Waals surface area contributed by atoms with E-state index < -0.39 is 0 Å². The average Bonchev–Trinajstić information content (AvgIpc) is 2.57. The summed E-state index contributed by atoms with van der Waals surface area (Å²) >= 11 is 6.54. The van der Waals surface area contributed by atoms with Crippen LogP contribution in [0, 0.1) is 12.7 Å². The molecule has 4 nitrogen and oxygen atoms in total. The van der Waals surface area contributed by atoms with Gasteiger partial charge in [-0.2, -0.15) is 0 Å². The Morgan fingerprint density at radius 1 is 1.08 bits per heavy atom. The van der Waals surface area contributed by atoms with Crippen molar-refractivity contribution in [3.63, 3.8) is 0 Å². The fourth-order valence-electron chi connectivity index (χ4n) is 1.79. The molecule has 7 heteroatoms. The van der Waals surface area contributed by atoms with Gasteiger partial charge in [-0.3, -0.25) is 15.6 Å². The van der Waals surface area contributed by atoms with Crippen molar-refractivity contribution in [2.75, 3.05) is 5.32 Å². The van der Waals surface area contributed by atoms with Gasteiger partial charge in [-0.25, -0.2) is 4.39 Å². The van der Waals surface area contributed by atoms with Gasteiger partial charge in [-0.15, -0.1) is 11.8 Å². The number of carbonyl (C=O) groups excluding carboxylic acids is 1. The van der Waals surface area contributed by atoms with E-state index in [-0.39, 0.29) is 22.1 Å². The molecule has 3 N–H and O–H groups in total. The van der Waals surface area contributed by atoms with E-state index in [0.717, 1.165) is 4.90 Å². The largest absolute Gasteiger partial charge is 0.331 e. The zero-order valence-corrected chi connectivity index (χ0v) is 14.9. The first-order valence-corrected chi connectivity index (χ1v) is 8.58. The standard InChI is InChI=1S/C17H18FN3OS2/c1-11-3-9-15(10-4-11)24-12(2)16(22)20-21-17(23)19-14-7-5-13(18)6-8-14/h3-10,12H,1-2H3,(H,20,22)(H2,19,21,23)/t12-/m1/s1. The molecule has 0 bridgehead atoms. The van der Waals surface area contributed by atoms with E-state index in [1.54, 1.807) is 12.1 Å². The molecule has 0 spiro atoms. The maximum atomic E-state index is 12.8. The Bertz CT molecular complexity index is 705. The van der Waals surface area contributed by atoms with Gasteiger partial charge in [0.2, 0.25) is 0 Å². The molecule has 0 saturated carbocycles. The van der Waals surface area contributed by atoms with Crippen molar-refractivity contribution >= 4 is 40.7 Å². The Balaban J connectivity index is 1.77. The Hall–Kier alpha value is -2.12. The van der Waals surface area contributed by atoms with Gasteiger partial charge in [0.25, 0.3) is 5.91 Å². The third-order valence-corrected chi connectivity index (χ3v) is 4.42. The summed E-state index contributed by atoms with van der Waals surface area (Å²) in [7, 11) is 0. The van der Waals surface area contributed by atoms with Crippen molar-refractivity contribution in [2.24, 2.45) is 0 Å². The molecule has 2 aromatic carbocycles. The summed E-state index contributed by atoms with van der Waals surface area (Å²) in [4.78, 5) is 13.1. The lowest BCUT2D eigenvalue weighted by Crippen LogP contribution is -2.46. The van der Waals surface area contributed by atoms with Gasteiger partial charge >= 0.3 is 0 Å². The zero-order chi connectivity index (χ0) is 17.5. The van der Waals surface area contributed by atoms with Crippen LogP contribution in [0.5, 0.6) is 0 Å². The minimum atomic E-state index is -0.324. The van der Waals surface area contributed by atoms with Gasteiger partial charge in [0.1, 0.15) is 5.82 Å². The third-order valence-electron chi connectivity index (χ3n) is 3.10. The van der Waals surface area contributed by atoms with Crippen molar-refractivity contribution in [1.82, 2.24) is 10.9 Å². The lowest BCUT2D eigenvalue weighted by Gasteiger charge is -2.15. The first-order chi connectivity index (χ1) is 11.4. The maximum absolute atomic E-state index is 12.8. The maximum Gasteiger partial charge on any atom is 0.251 e. The van der Waals surface area contributed by atoms with E-state index in [1.807, 2.05) is 38.1 Å². The molecular formula is C17H18FN3OS2. The summed E-state index contributed by atoms with van der Waals surface area (Å²) in [5.74, 6) is -0.515. The lowest BCUT2D eigenvalue weighted by atomic mass is 10.2. The number of benzene rings is 2. The first kappa shape index (κ1) is 18.2. The summed E-state index contributed by atoms with van der Waals surface area (Å²) < 4.78 is 12.8. The molecule has 1 atom stereocenters. The summed E-state index contributed by atoms with van der Waals surface area (Å²) in [5.41, 5.74) is 7.00. The number of carbonyl (C=O) groups is 1. The van der Waals surface area contributed by atoms with Crippen LogP contribution in [-0.2, 0) is 4.79 Å². The van der Waals surface area contributed by atoms with E-state index in [4.69, 9.17) is 12.2 Å². The Morgan fingerprint density at radius 2 is 1.71 bits per heavy atom. The van der Waals surface area contributed by atoms with Crippen molar-refractivity contribution in [2.45, 2.75) is 24.0 Å². The smallest absolute Gasteiger partial charge is 0.251 e. The predicted octanol–water partition coefficient (Wildman–Crippen LogP) is 3.63. The fraction of sp³-hybridized carbons (Fsp3) is 0.176. The number of halogens is 1. The molecule has 0 aliphatic rings. The van der Waals surface area contributed by atoms with E-state index in [9.17, 15) is 9.18 Å². The van der Waals surface area contributed by atoms with E-state index in [0.29, 0.717) is 5.69 Å². The third kappa shape index (κ3) is 5.82. The van der Waals surface area contributed by atoms with Crippen LogP contribution < -0.4 is 16.2 Å². The second kappa shape index (κ2) is 8.65. The van der Waals surface area contributed by atoms with Crippen LogP contribution in [-0.4, -0.2) is 16.3 Å². The lowest BCUT2D eigenvalue weighted by molar-refractivity contribution is -0.120. The highest BCUT2D eigenvalue weighted by Gasteiger charge is 2.14. The summed E-state index contributed by atoms with van der Waals surface area (Å²) in [6.07, 6.45) is 0. The summed E-state index contributed by atoms with van der Waals surface area (Å²) in [5, 5.41) is 2.79. The normalized spacial score (nSPS) is 11.5. The molecule has 0 saturated heterocycles. The number of thioether (sulfide) groups is 1. The topological polar surface area (TPSA) is 53.2 Å². The van der Waals surface area contributed by atoms with E-state index in [1.165, 1.54) is 29.5 Å². The van der Waals surface area contributed by atoms with Crippen molar-refractivity contribution in [3.05, 3.63) is 59.9 Å². The molecule has 0 fully saturated rings. The predicted molar refractivity (Wildman–Crippen MR) is 100 cm³/mol. The minimum Gasteiger partial charge on any atom is -0.331 e. The molecule has 126 valence electrons. The number of hydrogen-bond donors (Lipinski definition) is 3. The van der Waals surface area contributed by atoms with Crippen molar-refractivity contribution in [3.8, 4) is 0 Å². The van der Waals surface area contributed by atoms with Crippen LogP contribution in [0.1, 0.15) is 12.5 Å². The second-order valence-electron chi connectivity index (χ2n) is 5.15. The zero-order valence-electron chi connectivity index (χ0n) is 13.3. The number of nitrogens with one attached hydrogen (secondary N) is 3. The highest BCUT2D eigenvalue weighted by atomic mass is 32.2.